The van der Waals surface area contributed by atoms with Gasteiger partial charge in [-0.15, -0.1) is 0 Å². The van der Waals surface area contributed by atoms with Crippen LogP contribution in [0.2, 0.25) is 0 Å². The van der Waals surface area contributed by atoms with E-state index in [1.54, 1.807) is 6.07 Å². The summed E-state index contributed by atoms with van der Waals surface area (Å²) < 4.78 is 0. The summed E-state index contributed by atoms with van der Waals surface area (Å²) in [7, 11) is 2.14. The monoisotopic (exact) mass is 286 g/mol. The number of carbonyl (C=O) groups is 1. The van der Waals surface area contributed by atoms with Crippen LogP contribution < -0.4 is 4.90 Å². The van der Waals surface area contributed by atoms with Crippen LogP contribution in [0, 0.1) is 0 Å². The molecule has 1 aliphatic heterocycles. The van der Waals surface area contributed by atoms with Crippen molar-refractivity contribution in [3.63, 3.8) is 0 Å². The van der Waals surface area contributed by atoms with Crippen LogP contribution in [0.15, 0.2) is 30.3 Å². The lowest BCUT2D eigenvalue weighted by Gasteiger charge is -2.34. The number of piperazine rings is 1. The van der Waals surface area contributed by atoms with Gasteiger partial charge in [0, 0.05) is 37.4 Å². The molecule has 2 aromatic rings. The van der Waals surface area contributed by atoms with Crippen LogP contribution in [0.1, 0.15) is 10.5 Å². The minimum absolute atomic E-state index is 0.105. The summed E-state index contributed by atoms with van der Waals surface area (Å²) in [4.78, 5) is 15.5. The molecule has 1 saturated heterocycles. The number of aromatic amines is 1. The molecule has 1 aromatic heterocycles. The highest BCUT2D eigenvalue weighted by Crippen LogP contribution is 2.23. The van der Waals surface area contributed by atoms with Crippen molar-refractivity contribution < 1.29 is 9.90 Å². The molecule has 2 heterocycles. The van der Waals surface area contributed by atoms with Gasteiger partial charge in [0.25, 0.3) is 0 Å². The lowest BCUT2D eigenvalue weighted by atomic mass is 10.1. The molecule has 1 aliphatic rings. The Bertz CT molecular complexity index is 627. The van der Waals surface area contributed by atoms with Crippen LogP contribution in [0.25, 0.3) is 11.3 Å². The summed E-state index contributed by atoms with van der Waals surface area (Å²) in [6.07, 6.45) is 0. The molecule has 2 N–H and O–H groups in total. The molecule has 0 aliphatic carbocycles. The van der Waals surface area contributed by atoms with Crippen LogP contribution in [0.5, 0.6) is 0 Å². The molecular formula is C15H18N4O2. The number of carboxylic acids is 1. The summed E-state index contributed by atoms with van der Waals surface area (Å²) in [6.45, 7) is 4.20. The highest BCUT2D eigenvalue weighted by molar-refractivity contribution is 5.86. The van der Waals surface area contributed by atoms with Crippen LogP contribution in [-0.4, -0.2) is 59.4 Å². The second-order valence-electron chi connectivity index (χ2n) is 5.31. The Balaban J connectivity index is 1.75. The van der Waals surface area contributed by atoms with E-state index in [-0.39, 0.29) is 5.69 Å². The van der Waals surface area contributed by atoms with Gasteiger partial charge in [0.15, 0.2) is 0 Å². The summed E-state index contributed by atoms with van der Waals surface area (Å²) in [5.74, 6) is -0.997. The van der Waals surface area contributed by atoms with E-state index in [1.807, 2.05) is 12.1 Å². The molecule has 6 heteroatoms. The van der Waals surface area contributed by atoms with Crippen molar-refractivity contribution >= 4 is 11.7 Å². The Morgan fingerprint density at radius 2 is 1.86 bits per heavy atom. The minimum Gasteiger partial charge on any atom is -0.477 e. The van der Waals surface area contributed by atoms with E-state index >= 15 is 0 Å². The van der Waals surface area contributed by atoms with Gasteiger partial charge in [-0.25, -0.2) is 4.79 Å². The minimum atomic E-state index is -0.997. The zero-order valence-electron chi connectivity index (χ0n) is 11.9. The Morgan fingerprint density at radius 3 is 2.43 bits per heavy atom. The van der Waals surface area contributed by atoms with E-state index in [0.29, 0.717) is 5.69 Å². The number of hydrogen-bond acceptors (Lipinski definition) is 4. The van der Waals surface area contributed by atoms with E-state index in [2.05, 4.69) is 39.2 Å². The van der Waals surface area contributed by atoms with Gasteiger partial charge in [-0.05, 0) is 25.2 Å². The van der Waals surface area contributed by atoms with Gasteiger partial charge >= 0.3 is 5.97 Å². The summed E-state index contributed by atoms with van der Waals surface area (Å²) in [6, 6.07) is 9.64. The summed E-state index contributed by atoms with van der Waals surface area (Å²) in [5.41, 5.74) is 2.86. The highest BCUT2D eigenvalue weighted by atomic mass is 16.4. The molecule has 0 saturated carbocycles. The predicted octanol–water partition coefficient (Wildman–Crippen LogP) is 1.53. The molecule has 3 rings (SSSR count). The van der Waals surface area contributed by atoms with E-state index in [1.165, 1.54) is 5.69 Å². The fraction of sp³-hybridized carbons (Fsp3) is 0.333. The van der Waals surface area contributed by atoms with Gasteiger partial charge in [0.1, 0.15) is 5.69 Å². The number of hydrogen-bond donors (Lipinski definition) is 2. The molecular weight excluding hydrogens is 268 g/mol. The van der Waals surface area contributed by atoms with Crippen LogP contribution in [0.3, 0.4) is 0 Å². The zero-order chi connectivity index (χ0) is 14.8. The van der Waals surface area contributed by atoms with Crippen LogP contribution in [-0.2, 0) is 0 Å². The molecule has 1 fully saturated rings. The van der Waals surface area contributed by atoms with Gasteiger partial charge in [0.2, 0.25) is 0 Å². The second-order valence-corrected chi connectivity index (χ2v) is 5.31. The number of rotatable bonds is 3. The standard InChI is InChI=1S/C15H18N4O2/c1-18-6-8-19(9-7-18)12-4-2-11(3-5-12)13-10-14(15(20)21)17-16-13/h2-5,10H,6-9H2,1H3,(H,16,17)(H,20,21). The van der Waals surface area contributed by atoms with Crippen molar-refractivity contribution in [2.45, 2.75) is 0 Å². The number of anilines is 1. The number of aromatic carboxylic acids is 1. The molecule has 21 heavy (non-hydrogen) atoms. The normalized spacial score (nSPS) is 16.1. The predicted molar refractivity (Wildman–Crippen MR) is 80.7 cm³/mol. The van der Waals surface area contributed by atoms with Gasteiger partial charge < -0.3 is 14.9 Å². The molecule has 0 atom stereocenters. The number of carboxylic acid groups (broad SMARTS) is 1. The van der Waals surface area contributed by atoms with Crippen LogP contribution >= 0.6 is 0 Å². The number of likely N-dealkylation sites (N-methyl/N-ethyl adjacent to an activating group) is 1. The Hall–Kier alpha value is -2.34. The van der Waals surface area contributed by atoms with Crippen LogP contribution in [0.4, 0.5) is 5.69 Å². The smallest absolute Gasteiger partial charge is 0.353 e. The summed E-state index contributed by atoms with van der Waals surface area (Å²) in [5, 5.41) is 15.5. The largest absolute Gasteiger partial charge is 0.477 e. The second kappa shape index (κ2) is 5.57. The average Bonchev–Trinajstić information content (AvgIpc) is 2.98. The van der Waals surface area contributed by atoms with E-state index in [9.17, 15) is 4.79 Å². The van der Waals surface area contributed by atoms with Crippen molar-refractivity contribution in [3.8, 4) is 11.3 Å². The number of aromatic nitrogens is 2. The number of H-pyrrole nitrogens is 1. The van der Waals surface area contributed by atoms with Gasteiger partial charge in [-0.3, -0.25) is 5.10 Å². The molecule has 0 spiro atoms. The Morgan fingerprint density at radius 1 is 1.19 bits per heavy atom. The third-order valence-electron chi connectivity index (χ3n) is 3.84. The molecule has 6 nitrogen and oxygen atoms in total. The Labute approximate surface area is 123 Å². The van der Waals surface area contributed by atoms with Gasteiger partial charge in [0.05, 0.1) is 5.69 Å². The highest BCUT2D eigenvalue weighted by Gasteiger charge is 2.14. The van der Waals surface area contributed by atoms with Crippen molar-refractivity contribution in [2.75, 3.05) is 38.1 Å². The lowest BCUT2D eigenvalue weighted by Crippen LogP contribution is -2.44. The fourth-order valence-electron chi connectivity index (χ4n) is 2.49. The Kier molecular flexibility index (Phi) is 3.62. The first-order valence-corrected chi connectivity index (χ1v) is 6.96. The van der Waals surface area contributed by atoms with Gasteiger partial charge in [-0.2, -0.15) is 5.10 Å². The van der Waals surface area contributed by atoms with E-state index < -0.39 is 5.97 Å². The maximum atomic E-state index is 10.9. The quantitative estimate of drug-likeness (QED) is 0.895. The third-order valence-corrected chi connectivity index (χ3v) is 3.84. The van der Waals surface area contributed by atoms with E-state index in [0.717, 1.165) is 31.7 Å². The molecule has 0 amide bonds. The molecule has 0 bridgehead atoms. The van der Waals surface area contributed by atoms with Crippen molar-refractivity contribution in [2.24, 2.45) is 0 Å². The molecule has 110 valence electrons. The maximum absolute atomic E-state index is 10.9. The topological polar surface area (TPSA) is 72.5 Å². The zero-order valence-corrected chi connectivity index (χ0v) is 11.9. The maximum Gasteiger partial charge on any atom is 0.353 e. The number of nitrogens with one attached hydrogen (secondary N) is 1. The van der Waals surface area contributed by atoms with Crippen molar-refractivity contribution in [1.29, 1.82) is 0 Å². The first-order valence-electron chi connectivity index (χ1n) is 6.96. The fourth-order valence-corrected chi connectivity index (χ4v) is 2.49. The van der Waals surface area contributed by atoms with Crippen molar-refractivity contribution in [3.05, 3.63) is 36.0 Å². The molecule has 0 unspecified atom stereocenters. The number of benzene rings is 1. The lowest BCUT2D eigenvalue weighted by molar-refractivity contribution is 0.0690. The van der Waals surface area contributed by atoms with Crippen molar-refractivity contribution in [1.82, 2.24) is 15.1 Å². The summed E-state index contributed by atoms with van der Waals surface area (Å²) >= 11 is 0. The first-order chi connectivity index (χ1) is 10.1. The molecule has 0 radical (unpaired) electrons. The first kappa shape index (κ1) is 13.6. The number of nitrogens with zero attached hydrogens (tertiary/aromatic N) is 3. The SMILES string of the molecule is CN1CCN(c2ccc(-c3cc(C(=O)O)[nH]n3)cc2)CC1. The third kappa shape index (κ3) is 2.90. The average molecular weight is 286 g/mol. The van der Waals surface area contributed by atoms with E-state index in [4.69, 9.17) is 5.11 Å². The van der Waals surface area contributed by atoms with Gasteiger partial charge in [-0.1, -0.05) is 12.1 Å². The molecule has 1 aromatic carbocycles.